The molecular formula is C13H18N2O2. The van der Waals surface area contributed by atoms with Crippen LogP contribution in [-0.2, 0) is 11.2 Å². The van der Waals surface area contributed by atoms with Crippen molar-refractivity contribution in [2.75, 3.05) is 0 Å². The van der Waals surface area contributed by atoms with E-state index in [0.29, 0.717) is 6.42 Å². The summed E-state index contributed by atoms with van der Waals surface area (Å²) in [5.74, 6) is 0. The van der Waals surface area contributed by atoms with Crippen molar-refractivity contribution < 1.29 is 9.59 Å². The van der Waals surface area contributed by atoms with Crippen LogP contribution >= 0.6 is 0 Å². The van der Waals surface area contributed by atoms with Gasteiger partial charge in [0.2, 0.25) is 0 Å². The molecule has 1 aromatic carbocycles. The van der Waals surface area contributed by atoms with Gasteiger partial charge in [-0.2, -0.15) is 0 Å². The second-order valence-electron chi connectivity index (χ2n) is 4.20. The van der Waals surface area contributed by atoms with Gasteiger partial charge in [-0.1, -0.05) is 30.3 Å². The smallest absolute Gasteiger partial charge is 0.315 e. The minimum absolute atomic E-state index is 0.0547. The van der Waals surface area contributed by atoms with Gasteiger partial charge in [0, 0.05) is 6.04 Å². The Labute approximate surface area is 101 Å². The maximum absolute atomic E-state index is 11.4. The van der Waals surface area contributed by atoms with E-state index in [4.69, 9.17) is 0 Å². The highest BCUT2D eigenvalue weighted by Gasteiger charge is 2.12. The number of carbonyl (C=O) groups is 2. The number of hydrogen-bond donors (Lipinski definition) is 2. The monoisotopic (exact) mass is 234 g/mol. The highest BCUT2D eigenvalue weighted by Crippen LogP contribution is 2.01. The van der Waals surface area contributed by atoms with Gasteiger partial charge >= 0.3 is 6.03 Å². The third kappa shape index (κ3) is 5.15. The average molecular weight is 234 g/mol. The van der Waals surface area contributed by atoms with E-state index in [0.717, 1.165) is 11.8 Å². The van der Waals surface area contributed by atoms with E-state index >= 15 is 0 Å². The maximum Gasteiger partial charge on any atom is 0.315 e. The van der Waals surface area contributed by atoms with E-state index in [9.17, 15) is 9.59 Å². The minimum atomic E-state index is -0.490. The van der Waals surface area contributed by atoms with Crippen LogP contribution < -0.4 is 10.6 Å². The summed E-state index contributed by atoms with van der Waals surface area (Å²) in [6.07, 6.45) is 1.27. The Hall–Kier alpha value is -1.84. The quantitative estimate of drug-likeness (QED) is 0.759. The first-order valence-electron chi connectivity index (χ1n) is 5.68. The number of hydrogen-bond acceptors (Lipinski definition) is 2. The van der Waals surface area contributed by atoms with Crippen LogP contribution in [0.1, 0.15) is 19.4 Å². The van der Waals surface area contributed by atoms with Crippen molar-refractivity contribution in [1.82, 2.24) is 10.6 Å². The highest BCUT2D eigenvalue weighted by atomic mass is 16.2. The maximum atomic E-state index is 11.4. The average Bonchev–Trinajstić information content (AvgIpc) is 2.28. The number of urea groups is 1. The van der Waals surface area contributed by atoms with Crippen LogP contribution in [0.5, 0.6) is 0 Å². The van der Waals surface area contributed by atoms with E-state index in [2.05, 4.69) is 10.6 Å². The molecule has 0 saturated carbocycles. The number of benzene rings is 1. The van der Waals surface area contributed by atoms with Crippen LogP contribution in [0.2, 0.25) is 0 Å². The van der Waals surface area contributed by atoms with Gasteiger partial charge in [-0.3, -0.25) is 0 Å². The molecule has 2 N–H and O–H groups in total. The van der Waals surface area contributed by atoms with Gasteiger partial charge in [0.15, 0.2) is 0 Å². The summed E-state index contributed by atoms with van der Waals surface area (Å²) in [4.78, 5) is 22.3. The molecule has 1 rings (SSSR count). The fourth-order valence-electron chi connectivity index (χ4n) is 1.47. The molecule has 0 radical (unpaired) electrons. The van der Waals surface area contributed by atoms with Gasteiger partial charge in [0.1, 0.15) is 6.29 Å². The van der Waals surface area contributed by atoms with Gasteiger partial charge < -0.3 is 15.4 Å². The molecule has 2 amide bonds. The van der Waals surface area contributed by atoms with Crippen molar-refractivity contribution in [1.29, 1.82) is 0 Å². The summed E-state index contributed by atoms with van der Waals surface area (Å²) in [6, 6.07) is 8.84. The molecule has 0 aliphatic rings. The molecule has 1 aromatic rings. The van der Waals surface area contributed by atoms with Crippen molar-refractivity contribution in [3.63, 3.8) is 0 Å². The Morgan fingerprint density at radius 3 is 2.41 bits per heavy atom. The van der Waals surface area contributed by atoms with Gasteiger partial charge in [-0.15, -0.1) is 0 Å². The Bertz CT molecular complexity index is 363. The van der Waals surface area contributed by atoms with Gasteiger partial charge in [-0.25, -0.2) is 4.79 Å². The van der Waals surface area contributed by atoms with Crippen LogP contribution in [0, 0.1) is 0 Å². The van der Waals surface area contributed by atoms with Crippen LogP contribution in [0.15, 0.2) is 30.3 Å². The number of nitrogens with one attached hydrogen (secondary N) is 2. The number of carbonyl (C=O) groups excluding carboxylic acids is 2. The zero-order valence-electron chi connectivity index (χ0n) is 10.1. The van der Waals surface area contributed by atoms with Crippen molar-refractivity contribution in [2.45, 2.75) is 32.4 Å². The molecule has 0 aliphatic carbocycles. The Kier molecular flexibility index (Phi) is 5.20. The van der Waals surface area contributed by atoms with Gasteiger partial charge in [0.25, 0.3) is 0 Å². The normalized spacial score (nSPS) is 11.9. The minimum Gasteiger partial charge on any atom is -0.336 e. The lowest BCUT2D eigenvalue weighted by molar-refractivity contribution is -0.109. The lowest BCUT2D eigenvalue weighted by Crippen LogP contribution is -2.46. The molecule has 1 atom stereocenters. The summed E-state index contributed by atoms with van der Waals surface area (Å²) >= 11 is 0. The number of aldehydes is 1. The molecule has 92 valence electrons. The van der Waals surface area contributed by atoms with E-state index in [1.54, 1.807) is 0 Å². The van der Waals surface area contributed by atoms with E-state index in [1.807, 2.05) is 44.2 Å². The molecule has 17 heavy (non-hydrogen) atoms. The Balaban J connectivity index is 2.49. The molecule has 0 unspecified atom stereocenters. The van der Waals surface area contributed by atoms with Crippen molar-refractivity contribution in [3.8, 4) is 0 Å². The lowest BCUT2D eigenvalue weighted by atomic mass is 10.1. The molecule has 4 nitrogen and oxygen atoms in total. The Morgan fingerprint density at radius 2 is 1.88 bits per heavy atom. The summed E-state index contributed by atoms with van der Waals surface area (Å²) in [5.41, 5.74) is 1.02. The highest BCUT2D eigenvalue weighted by molar-refractivity contribution is 5.78. The number of amides is 2. The number of rotatable bonds is 5. The molecule has 0 saturated heterocycles. The standard InChI is InChI=1S/C13H18N2O2/c1-10(2)14-13(17)15-12(9-16)8-11-6-4-3-5-7-11/h3-7,9-10,12H,8H2,1-2H3,(H2,14,15,17)/t12-/m0/s1. The molecule has 0 spiro atoms. The predicted octanol–water partition coefficient (Wildman–Crippen LogP) is 1.50. The van der Waals surface area contributed by atoms with Crippen molar-refractivity contribution in [2.24, 2.45) is 0 Å². The molecule has 0 heterocycles. The molecule has 4 heteroatoms. The summed E-state index contributed by atoms with van der Waals surface area (Å²) in [7, 11) is 0. The van der Waals surface area contributed by atoms with Crippen LogP contribution in [0.4, 0.5) is 4.79 Å². The summed E-state index contributed by atoms with van der Waals surface area (Å²) in [5, 5.41) is 5.31. The zero-order chi connectivity index (χ0) is 12.7. The second kappa shape index (κ2) is 6.68. The Morgan fingerprint density at radius 1 is 1.24 bits per heavy atom. The first-order valence-corrected chi connectivity index (χ1v) is 5.68. The molecule has 0 aromatic heterocycles. The molecule has 0 aliphatic heterocycles. The van der Waals surface area contributed by atoms with Gasteiger partial charge in [0.05, 0.1) is 6.04 Å². The van der Waals surface area contributed by atoms with Crippen molar-refractivity contribution in [3.05, 3.63) is 35.9 Å². The lowest BCUT2D eigenvalue weighted by Gasteiger charge is -2.15. The molecule has 0 fully saturated rings. The van der Waals surface area contributed by atoms with Gasteiger partial charge in [-0.05, 0) is 25.8 Å². The fraction of sp³-hybridized carbons (Fsp3) is 0.385. The van der Waals surface area contributed by atoms with Crippen LogP contribution in [-0.4, -0.2) is 24.4 Å². The second-order valence-corrected chi connectivity index (χ2v) is 4.20. The molecule has 0 bridgehead atoms. The van der Waals surface area contributed by atoms with Crippen LogP contribution in [0.3, 0.4) is 0 Å². The van der Waals surface area contributed by atoms with Crippen molar-refractivity contribution >= 4 is 12.3 Å². The topological polar surface area (TPSA) is 58.2 Å². The summed E-state index contributed by atoms with van der Waals surface area (Å²) in [6.45, 7) is 3.74. The SMILES string of the molecule is CC(C)NC(=O)N[C@H](C=O)Cc1ccccc1. The summed E-state index contributed by atoms with van der Waals surface area (Å²) < 4.78 is 0. The molecular weight excluding hydrogens is 216 g/mol. The van der Waals surface area contributed by atoms with E-state index in [-0.39, 0.29) is 12.1 Å². The van der Waals surface area contributed by atoms with E-state index < -0.39 is 6.04 Å². The zero-order valence-corrected chi connectivity index (χ0v) is 10.1. The largest absolute Gasteiger partial charge is 0.336 e. The third-order valence-electron chi connectivity index (χ3n) is 2.20. The third-order valence-corrected chi connectivity index (χ3v) is 2.20. The first kappa shape index (κ1) is 13.2. The van der Waals surface area contributed by atoms with Crippen LogP contribution in [0.25, 0.3) is 0 Å². The first-order chi connectivity index (χ1) is 8.11. The predicted molar refractivity (Wildman–Crippen MR) is 66.8 cm³/mol. The van der Waals surface area contributed by atoms with E-state index in [1.165, 1.54) is 0 Å². The fourth-order valence-corrected chi connectivity index (χ4v) is 1.47.